The maximum atomic E-state index is 6.03. The average molecular weight is 295 g/mol. The molecule has 0 aliphatic rings. The van der Waals surface area contributed by atoms with Crippen molar-refractivity contribution in [2.45, 2.75) is 19.5 Å². The molecule has 2 rings (SSSR count). The summed E-state index contributed by atoms with van der Waals surface area (Å²) in [6, 6.07) is 12.1. The zero-order valence-electron chi connectivity index (χ0n) is 11.0. The van der Waals surface area contributed by atoms with E-state index in [1.165, 1.54) is 5.56 Å². The van der Waals surface area contributed by atoms with E-state index in [4.69, 9.17) is 23.2 Å². The van der Waals surface area contributed by atoms with Gasteiger partial charge in [-0.15, -0.1) is 0 Å². The molecule has 0 aliphatic heterocycles. The van der Waals surface area contributed by atoms with Crippen molar-refractivity contribution in [1.82, 2.24) is 9.88 Å². The molecule has 0 fully saturated rings. The third-order valence-corrected chi connectivity index (χ3v) is 3.67. The monoisotopic (exact) mass is 294 g/mol. The first-order valence-corrected chi connectivity index (χ1v) is 6.88. The van der Waals surface area contributed by atoms with E-state index in [0.29, 0.717) is 5.15 Å². The van der Waals surface area contributed by atoms with E-state index in [2.05, 4.69) is 29.9 Å². The van der Waals surface area contributed by atoms with Gasteiger partial charge in [-0.2, -0.15) is 0 Å². The first-order chi connectivity index (χ1) is 9.06. The van der Waals surface area contributed by atoms with Gasteiger partial charge in [-0.3, -0.25) is 4.90 Å². The smallest absolute Gasteiger partial charge is 0.129 e. The lowest BCUT2D eigenvalue weighted by molar-refractivity contribution is 0.253. The Hall–Kier alpha value is -1.09. The summed E-state index contributed by atoms with van der Waals surface area (Å²) in [4.78, 5) is 6.34. The molecule has 0 spiro atoms. The van der Waals surface area contributed by atoms with Crippen LogP contribution in [0.5, 0.6) is 0 Å². The zero-order chi connectivity index (χ0) is 13.8. The standard InChI is InChI=1S/C15H16Cl2N2/c1-11(13-4-3-5-14(16)8-13)19(2)10-12-6-7-15(17)18-9-12/h3-9,11H,10H2,1-2H3. The van der Waals surface area contributed by atoms with Crippen LogP contribution in [-0.2, 0) is 6.54 Å². The van der Waals surface area contributed by atoms with Crippen LogP contribution in [0.2, 0.25) is 10.2 Å². The maximum absolute atomic E-state index is 6.03. The van der Waals surface area contributed by atoms with Crippen LogP contribution in [-0.4, -0.2) is 16.9 Å². The van der Waals surface area contributed by atoms with Crippen molar-refractivity contribution in [2.24, 2.45) is 0 Å². The second kappa shape index (κ2) is 6.38. The first kappa shape index (κ1) is 14.3. The lowest BCUT2D eigenvalue weighted by atomic mass is 10.1. The third-order valence-electron chi connectivity index (χ3n) is 3.21. The minimum absolute atomic E-state index is 0.286. The molecule has 0 bridgehead atoms. The highest BCUT2D eigenvalue weighted by Gasteiger charge is 2.12. The molecule has 1 aromatic carbocycles. The molecule has 19 heavy (non-hydrogen) atoms. The molecule has 2 aromatic rings. The Bertz CT molecular complexity index is 540. The quantitative estimate of drug-likeness (QED) is 0.767. The van der Waals surface area contributed by atoms with Crippen molar-refractivity contribution in [2.75, 3.05) is 7.05 Å². The van der Waals surface area contributed by atoms with Crippen LogP contribution in [0.25, 0.3) is 0 Å². The van der Waals surface area contributed by atoms with Gasteiger partial charge in [-0.25, -0.2) is 4.98 Å². The second-order valence-corrected chi connectivity index (χ2v) is 5.46. The highest BCUT2D eigenvalue weighted by Crippen LogP contribution is 2.23. The van der Waals surface area contributed by atoms with Gasteiger partial charge >= 0.3 is 0 Å². The van der Waals surface area contributed by atoms with Crippen LogP contribution in [0.4, 0.5) is 0 Å². The summed E-state index contributed by atoms with van der Waals surface area (Å²) in [7, 11) is 2.08. The van der Waals surface area contributed by atoms with E-state index in [-0.39, 0.29) is 6.04 Å². The number of rotatable bonds is 4. The minimum Gasteiger partial charge on any atom is -0.295 e. The lowest BCUT2D eigenvalue weighted by Gasteiger charge is -2.25. The summed E-state index contributed by atoms with van der Waals surface area (Å²) in [5.74, 6) is 0. The molecule has 0 radical (unpaired) electrons. The molecule has 4 heteroatoms. The number of pyridine rings is 1. The van der Waals surface area contributed by atoms with Gasteiger partial charge in [0.2, 0.25) is 0 Å². The zero-order valence-corrected chi connectivity index (χ0v) is 12.5. The fraction of sp³-hybridized carbons (Fsp3) is 0.267. The molecule has 1 unspecified atom stereocenters. The molecular weight excluding hydrogens is 279 g/mol. The van der Waals surface area contributed by atoms with Gasteiger partial charge < -0.3 is 0 Å². The Morgan fingerprint density at radius 1 is 1.21 bits per heavy atom. The van der Waals surface area contributed by atoms with Gasteiger partial charge in [0.15, 0.2) is 0 Å². The SMILES string of the molecule is CC(c1cccc(Cl)c1)N(C)Cc1ccc(Cl)nc1. The normalized spacial score (nSPS) is 12.7. The van der Waals surface area contributed by atoms with Gasteiger partial charge in [-0.1, -0.05) is 41.4 Å². The summed E-state index contributed by atoms with van der Waals surface area (Å²) in [5, 5.41) is 1.29. The topological polar surface area (TPSA) is 16.1 Å². The number of nitrogens with zero attached hydrogens (tertiary/aromatic N) is 2. The predicted molar refractivity (Wildman–Crippen MR) is 80.6 cm³/mol. The van der Waals surface area contributed by atoms with Gasteiger partial charge in [0.1, 0.15) is 5.15 Å². The molecule has 1 aromatic heterocycles. The van der Waals surface area contributed by atoms with Crippen molar-refractivity contribution < 1.29 is 0 Å². The Balaban J connectivity index is 2.07. The first-order valence-electron chi connectivity index (χ1n) is 6.12. The van der Waals surface area contributed by atoms with E-state index in [9.17, 15) is 0 Å². The Morgan fingerprint density at radius 2 is 2.00 bits per heavy atom. The Labute approximate surface area is 124 Å². The largest absolute Gasteiger partial charge is 0.295 e. The fourth-order valence-corrected chi connectivity index (χ4v) is 2.26. The van der Waals surface area contributed by atoms with E-state index >= 15 is 0 Å². The third kappa shape index (κ3) is 3.93. The van der Waals surface area contributed by atoms with Crippen molar-refractivity contribution in [1.29, 1.82) is 0 Å². The molecule has 0 amide bonds. The van der Waals surface area contributed by atoms with Crippen LogP contribution >= 0.6 is 23.2 Å². The molecule has 0 aliphatic carbocycles. The van der Waals surface area contributed by atoms with Gasteiger partial charge in [0.05, 0.1) is 0 Å². The van der Waals surface area contributed by atoms with Crippen LogP contribution in [0, 0.1) is 0 Å². The minimum atomic E-state index is 0.286. The number of hydrogen-bond acceptors (Lipinski definition) is 2. The average Bonchev–Trinajstić information content (AvgIpc) is 2.40. The second-order valence-electron chi connectivity index (χ2n) is 4.64. The van der Waals surface area contributed by atoms with Crippen molar-refractivity contribution >= 4 is 23.2 Å². The molecule has 0 saturated heterocycles. The summed E-state index contributed by atoms with van der Waals surface area (Å²) in [5.41, 5.74) is 2.35. The molecule has 0 saturated carbocycles. The van der Waals surface area contributed by atoms with Gasteiger partial charge in [0.25, 0.3) is 0 Å². The highest BCUT2D eigenvalue weighted by atomic mass is 35.5. The van der Waals surface area contributed by atoms with E-state index in [0.717, 1.165) is 17.1 Å². The van der Waals surface area contributed by atoms with E-state index in [1.807, 2.05) is 36.5 Å². The Kier molecular flexibility index (Phi) is 4.81. The number of halogens is 2. The molecule has 1 heterocycles. The van der Waals surface area contributed by atoms with Crippen molar-refractivity contribution in [3.8, 4) is 0 Å². The number of hydrogen-bond donors (Lipinski definition) is 0. The van der Waals surface area contributed by atoms with Crippen molar-refractivity contribution in [3.63, 3.8) is 0 Å². The van der Waals surface area contributed by atoms with Crippen LogP contribution in [0.1, 0.15) is 24.1 Å². The van der Waals surface area contributed by atoms with Gasteiger partial charge in [-0.05, 0) is 43.3 Å². The van der Waals surface area contributed by atoms with E-state index in [1.54, 1.807) is 0 Å². The Morgan fingerprint density at radius 3 is 2.63 bits per heavy atom. The van der Waals surface area contributed by atoms with Crippen LogP contribution < -0.4 is 0 Å². The number of benzene rings is 1. The fourth-order valence-electron chi connectivity index (χ4n) is 1.95. The summed E-state index contributed by atoms with van der Waals surface area (Å²) in [6.07, 6.45) is 1.81. The predicted octanol–water partition coefficient (Wildman–Crippen LogP) is 4.58. The highest BCUT2D eigenvalue weighted by molar-refractivity contribution is 6.30. The van der Waals surface area contributed by atoms with Crippen LogP contribution in [0.3, 0.4) is 0 Å². The molecule has 2 nitrogen and oxygen atoms in total. The van der Waals surface area contributed by atoms with Gasteiger partial charge in [0, 0.05) is 23.8 Å². The maximum Gasteiger partial charge on any atom is 0.129 e. The molecule has 1 atom stereocenters. The number of aromatic nitrogens is 1. The summed E-state index contributed by atoms with van der Waals surface area (Å²) < 4.78 is 0. The molecular formula is C15H16Cl2N2. The van der Waals surface area contributed by atoms with Crippen LogP contribution in [0.15, 0.2) is 42.6 Å². The van der Waals surface area contributed by atoms with Crippen molar-refractivity contribution in [3.05, 3.63) is 63.9 Å². The molecule has 100 valence electrons. The summed E-state index contributed by atoms with van der Waals surface area (Å²) >= 11 is 11.8. The van der Waals surface area contributed by atoms with E-state index < -0.39 is 0 Å². The summed E-state index contributed by atoms with van der Waals surface area (Å²) in [6.45, 7) is 2.98. The lowest BCUT2D eigenvalue weighted by Crippen LogP contribution is -2.21. The molecule has 0 N–H and O–H groups in total.